The Labute approximate surface area is 213 Å². The topological polar surface area (TPSA) is 106 Å². The standard InChI is InChI=1S/C25H39ClN4O5/c1-28-30(12-3-6-19-7-5-13-33-18-19)25(32)29-11-4-9-21(17-29)23(34-14-15-35-24(27)31)20-8-2-10-22(26)16-20/h2,8,10,16,19,21,23,28H,3-7,9,11-15,17-18H2,1H3,(H2,27,31)/t19?,21?,23-/m0/s1. The summed E-state index contributed by atoms with van der Waals surface area (Å²) >= 11 is 6.25. The van der Waals surface area contributed by atoms with Crippen LogP contribution in [0.25, 0.3) is 0 Å². The Morgan fingerprint density at radius 1 is 1.31 bits per heavy atom. The summed E-state index contributed by atoms with van der Waals surface area (Å²) in [6, 6.07) is 7.55. The summed E-state index contributed by atoms with van der Waals surface area (Å²) in [5.74, 6) is 0.670. The van der Waals surface area contributed by atoms with Crippen LogP contribution in [0.3, 0.4) is 0 Å². The Kier molecular flexibility index (Phi) is 11.4. The van der Waals surface area contributed by atoms with Crippen LogP contribution in [-0.2, 0) is 14.2 Å². The Balaban J connectivity index is 1.59. The third kappa shape index (κ3) is 8.83. The number of hydrogen-bond donors (Lipinski definition) is 2. The maximum absolute atomic E-state index is 13.3. The Hall–Kier alpha value is -2.07. The van der Waals surface area contributed by atoms with Crippen molar-refractivity contribution in [1.29, 1.82) is 0 Å². The second kappa shape index (κ2) is 14.5. The number of primary amides is 1. The fourth-order valence-electron chi connectivity index (χ4n) is 4.98. The molecule has 35 heavy (non-hydrogen) atoms. The summed E-state index contributed by atoms with van der Waals surface area (Å²) in [6.07, 6.45) is 5.01. The maximum Gasteiger partial charge on any atom is 0.404 e. The molecule has 3 amide bonds. The number of urea groups is 1. The van der Waals surface area contributed by atoms with Gasteiger partial charge >= 0.3 is 12.1 Å². The lowest BCUT2D eigenvalue weighted by Gasteiger charge is -2.39. The number of carbonyl (C=O) groups is 2. The fraction of sp³-hybridized carbons (Fsp3) is 0.680. The molecule has 2 saturated heterocycles. The van der Waals surface area contributed by atoms with E-state index in [1.165, 1.54) is 6.42 Å². The van der Waals surface area contributed by atoms with Gasteiger partial charge in [0.2, 0.25) is 0 Å². The minimum absolute atomic E-state index is 0.0148. The monoisotopic (exact) mass is 510 g/mol. The second-order valence-electron chi connectivity index (χ2n) is 9.25. The van der Waals surface area contributed by atoms with E-state index >= 15 is 0 Å². The number of halogens is 1. The van der Waals surface area contributed by atoms with Crippen LogP contribution in [0.15, 0.2) is 24.3 Å². The van der Waals surface area contributed by atoms with Crippen LogP contribution < -0.4 is 11.2 Å². The molecule has 0 bridgehead atoms. The summed E-state index contributed by atoms with van der Waals surface area (Å²) in [7, 11) is 1.79. The fourth-order valence-corrected chi connectivity index (χ4v) is 5.18. The third-order valence-corrected chi connectivity index (χ3v) is 6.94. The first kappa shape index (κ1) is 27.5. The van der Waals surface area contributed by atoms with Gasteiger partial charge < -0.3 is 24.8 Å². The lowest BCUT2D eigenvalue weighted by Crippen LogP contribution is -2.52. The van der Waals surface area contributed by atoms with Crippen molar-refractivity contribution in [3.63, 3.8) is 0 Å². The van der Waals surface area contributed by atoms with E-state index in [0.717, 1.165) is 50.9 Å². The quantitative estimate of drug-likeness (QED) is 0.344. The van der Waals surface area contributed by atoms with E-state index < -0.39 is 6.09 Å². The molecule has 1 aromatic rings. The molecule has 0 aromatic heterocycles. The number of rotatable bonds is 11. The molecule has 2 aliphatic heterocycles. The first-order valence-corrected chi connectivity index (χ1v) is 13.0. The SMILES string of the molecule is CNN(CCCC1CCCOC1)C(=O)N1CCCC([C@@H](OCCOC(N)=O)c2cccc(Cl)c2)C1. The van der Waals surface area contributed by atoms with Gasteiger partial charge in [-0.1, -0.05) is 23.7 Å². The molecular weight excluding hydrogens is 472 g/mol. The molecule has 2 heterocycles. The molecular formula is C25H39ClN4O5. The molecule has 196 valence electrons. The van der Waals surface area contributed by atoms with Crippen molar-refractivity contribution in [3.8, 4) is 0 Å². The van der Waals surface area contributed by atoms with Crippen LogP contribution in [0.2, 0.25) is 5.02 Å². The van der Waals surface area contributed by atoms with E-state index in [9.17, 15) is 9.59 Å². The first-order valence-electron chi connectivity index (χ1n) is 12.6. The van der Waals surface area contributed by atoms with Gasteiger partial charge in [-0.2, -0.15) is 0 Å². The summed E-state index contributed by atoms with van der Waals surface area (Å²) in [5.41, 5.74) is 9.07. The molecule has 10 heteroatoms. The van der Waals surface area contributed by atoms with E-state index in [-0.39, 0.29) is 31.3 Å². The third-order valence-electron chi connectivity index (χ3n) is 6.71. The molecule has 3 rings (SSSR count). The molecule has 0 spiro atoms. The average molecular weight is 511 g/mol. The first-order chi connectivity index (χ1) is 17.0. The van der Waals surface area contributed by atoms with E-state index in [4.69, 9.17) is 31.5 Å². The van der Waals surface area contributed by atoms with Crippen LogP contribution in [0.5, 0.6) is 0 Å². The number of amides is 3. The highest BCUT2D eigenvalue weighted by atomic mass is 35.5. The molecule has 2 aliphatic rings. The number of carbonyl (C=O) groups excluding carboxylic acids is 2. The smallest absolute Gasteiger partial charge is 0.404 e. The number of hydrazine groups is 1. The second-order valence-corrected chi connectivity index (χ2v) is 9.68. The highest BCUT2D eigenvalue weighted by Crippen LogP contribution is 2.34. The summed E-state index contributed by atoms with van der Waals surface area (Å²) in [5, 5.41) is 2.33. The van der Waals surface area contributed by atoms with Crippen molar-refractivity contribution >= 4 is 23.7 Å². The Morgan fingerprint density at radius 3 is 2.89 bits per heavy atom. The van der Waals surface area contributed by atoms with Crippen LogP contribution in [0.4, 0.5) is 9.59 Å². The number of nitrogens with zero attached hydrogens (tertiary/aromatic N) is 2. The van der Waals surface area contributed by atoms with Gasteiger partial charge in [0, 0.05) is 50.8 Å². The lowest BCUT2D eigenvalue weighted by atomic mass is 9.88. The van der Waals surface area contributed by atoms with Crippen molar-refractivity contribution in [1.82, 2.24) is 15.3 Å². The highest BCUT2D eigenvalue weighted by Gasteiger charge is 2.33. The largest absolute Gasteiger partial charge is 0.447 e. The lowest BCUT2D eigenvalue weighted by molar-refractivity contribution is -0.0277. The van der Waals surface area contributed by atoms with Crippen molar-refractivity contribution in [2.45, 2.75) is 44.6 Å². The summed E-state index contributed by atoms with van der Waals surface area (Å²) in [4.78, 5) is 26.1. The molecule has 1 aromatic carbocycles. The molecule has 0 saturated carbocycles. The zero-order valence-electron chi connectivity index (χ0n) is 20.6. The molecule has 3 N–H and O–H groups in total. The number of nitrogens with two attached hydrogens (primary N) is 1. The van der Waals surface area contributed by atoms with Crippen LogP contribution >= 0.6 is 11.6 Å². The minimum Gasteiger partial charge on any atom is -0.447 e. The van der Waals surface area contributed by atoms with E-state index in [1.807, 2.05) is 29.2 Å². The number of benzene rings is 1. The van der Waals surface area contributed by atoms with Gasteiger partial charge in [0.15, 0.2) is 0 Å². The average Bonchev–Trinajstić information content (AvgIpc) is 2.87. The van der Waals surface area contributed by atoms with Gasteiger partial charge in [-0.3, -0.25) is 5.01 Å². The van der Waals surface area contributed by atoms with E-state index in [2.05, 4.69) is 5.43 Å². The van der Waals surface area contributed by atoms with Crippen molar-refractivity contribution in [2.75, 3.05) is 53.1 Å². The van der Waals surface area contributed by atoms with Crippen LogP contribution in [0.1, 0.15) is 50.2 Å². The van der Waals surface area contributed by atoms with Crippen molar-refractivity contribution < 1.29 is 23.8 Å². The van der Waals surface area contributed by atoms with Crippen molar-refractivity contribution in [2.24, 2.45) is 17.6 Å². The van der Waals surface area contributed by atoms with E-state index in [0.29, 0.717) is 30.6 Å². The van der Waals surface area contributed by atoms with Gasteiger partial charge in [-0.15, -0.1) is 0 Å². The molecule has 3 atom stereocenters. The van der Waals surface area contributed by atoms with Crippen molar-refractivity contribution in [3.05, 3.63) is 34.9 Å². The zero-order chi connectivity index (χ0) is 25.0. The number of likely N-dealkylation sites (tertiary alicyclic amines) is 1. The van der Waals surface area contributed by atoms with Gasteiger partial charge in [0.05, 0.1) is 12.7 Å². The summed E-state index contributed by atoms with van der Waals surface area (Å²) < 4.78 is 16.6. The Morgan fingerprint density at radius 2 is 2.17 bits per heavy atom. The predicted molar refractivity (Wildman–Crippen MR) is 134 cm³/mol. The molecule has 9 nitrogen and oxygen atoms in total. The number of ether oxygens (including phenoxy) is 3. The number of nitrogens with one attached hydrogen (secondary N) is 1. The molecule has 2 fully saturated rings. The normalized spacial score (nSPS) is 21.4. The Bertz CT molecular complexity index is 808. The maximum atomic E-state index is 13.3. The predicted octanol–water partition coefficient (Wildman–Crippen LogP) is 3.97. The number of piperidine rings is 1. The molecule has 0 aliphatic carbocycles. The van der Waals surface area contributed by atoms with E-state index in [1.54, 1.807) is 12.1 Å². The zero-order valence-corrected chi connectivity index (χ0v) is 21.4. The minimum atomic E-state index is -0.828. The van der Waals surface area contributed by atoms with Gasteiger partial charge in [0.1, 0.15) is 6.61 Å². The van der Waals surface area contributed by atoms with Crippen LogP contribution in [0, 0.1) is 11.8 Å². The molecule has 0 radical (unpaired) electrons. The summed E-state index contributed by atoms with van der Waals surface area (Å²) in [6.45, 7) is 3.91. The number of hydrogen-bond acceptors (Lipinski definition) is 6. The highest BCUT2D eigenvalue weighted by molar-refractivity contribution is 6.30. The van der Waals surface area contributed by atoms with Crippen LogP contribution in [-0.4, -0.2) is 75.1 Å². The van der Waals surface area contributed by atoms with Gasteiger partial charge in [-0.05, 0) is 62.1 Å². The van der Waals surface area contributed by atoms with Gasteiger partial charge in [-0.25, -0.2) is 15.0 Å². The molecule has 2 unspecified atom stereocenters. The van der Waals surface area contributed by atoms with Gasteiger partial charge in [0.25, 0.3) is 0 Å².